The molecular weight excluding hydrogens is 272 g/mol. The molecule has 104 valence electrons. The molecule has 0 saturated carbocycles. The molecule has 0 atom stereocenters. The first-order chi connectivity index (χ1) is 8.42. The highest BCUT2D eigenvalue weighted by Gasteiger charge is 2.23. The summed E-state index contributed by atoms with van der Waals surface area (Å²) in [4.78, 5) is 2.28. The molecule has 1 aromatic rings. The molecule has 0 aliphatic heterocycles. The van der Waals surface area contributed by atoms with E-state index in [1.54, 1.807) is 6.92 Å². The van der Waals surface area contributed by atoms with Crippen LogP contribution in [0.15, 0.2) is 4.90 Å². The summed E-state index contributed by atoms with van der Waals surface area (Å²) in [6.45, 7) is 6.11. The van der Waals surface area contributed by atoms with Gasteiger partial charge in [-0.25, -0.2) is 8.42 Å². The molecule has 0 aliphatic rings. The minimum absolute atomic E-state index is 0.0269. The number of rotatable bonds is 7. The van der Waals surface area contributed by atoms with Gasteiger partial charge in [0.15, 0.2) is 15.7 Å². The maximum Gasteiger partial charge on any atom is 0.184 e. The Bertz CT molecular complexity index is 484. The van der Waals surface area contributed by atoms with Crippen LogP contribution in [-0.4, -0.2) is 50.1 Å². The lowest BCUT2D eigenvalue weighted by Crippen LogP contribution is -2.24. The summed E-state index contributed by atoms with van der Waals surface area (Å²) in [7, 11) is -1.32. The normalized spacial score (nSPS) is 12.0. The van der Waals surface area contributed by atoms with Crippen molar-refractivity contribution in [1.82, 2.24) is 9.27 Å². The van der Waals surface area contributed by atoms with Crippen LogP contribution in [0.1, 0.15) is 13.8 Å². The highest BCUT2D eigenvalue weighted by Crippen LogP contribution is 2.31. The van der Waals surface area contributed by atoms with Crippen molar-refractivity contribution in [1.29, 1.82) is 0 Å². The molecule has 0 amide bonds. The van der Waals surface area contributed by atoms with Gasteiger partial charge in [0.1, 0.15) is 9.90 Å². The molecule has 0 bridgehead atoms. The topological polar surface area (TPSA) is 88.3 Å². The minimum Gasteiger partial charge on any atom is -0.382 e. The summed E-state index contributed by atoms with van der Waals surface area (Å²) in [5, 5.41) is 3.64. The second-order valence-electron chi connectivity index (χ2n) is 3.95. The largest absolute Gasteiger partial charge is 0.382 e. The Balaban J connectivity index is 2.79. The maximum absolute atomic E-state index is 11.9. The zero-order chi connectivity index (χ0) is 13.8. The van der Waals surface area contributed by atoms with Gasteiger partial charge in [0.2, 0.25) is 0 Å². The summed E-state index contributed by atoms with van der Waals surface area (Å²) in [6.07, 6.45) is 0. The van der Waals surface area contributed by atoms with Gasteiger partial charge in [0.25, 0.3) is 0 Å². The zero-order valence-electron chi connectivity index (χ0n) is 10.9. The van der Waals surface area contributed by atoms with E-state index in [0.717, 1.165) is 24.6 Å². The Morgan fingerprint density at radius 1 is 1.44 bits per heavy atom. The molecule has 3 N–H and O–H groups in total. The first-order valence-corrected chi connectivity index (χ1v) is 8.25. The van der Waals surface area contributed by atoms with E-state index in [1.165, 1.54) is 0 Å². The highest BCUT2D eigenvalue weighted by molar-refractivity contribution is 7.91. The highest BCUT2D eigenvalue weighted by atomic mass is 32.2. The third kappa shape index (κ3) is 3.56. The zero-order valence-corrected chi connectivity index (χ0v) is 12.6. The summed E-state index contributed by atoms with van der Waals surface area (Å²) >= 11 is 1.09. The Hall–Kier alpha value is -0.860. The van der Waals surface area contributed by atoms with E-state index in [1.807, 2.05) is 7.05 Å². The van der Waals surface area contributed by atoms with E-state index in [-0.39, 0.29) is 16.5 Å². The standard InChI is InChI=1S/C10H20N4O2S2/c1-4-14(3)7-6-12-10-8(9(11)13-17-10)18(15,16)5-2/h12H,4-7H2,1-3H3,(H2,11,13). The van der Waals surface area contributed by atoms with E-state index in [4.69, 9.17) is 5.73 Å². The van der Waals surface area contributed by atoms with Crippen molar-refractivity contribution >= 4 is 32.2 Å². The van der Waals surface area contributed by atoms with Gasteiger partial charge in [0.05, 0.1) is 5.75 Å². The van der Waals surface area contributed by atoms with E-state index in [0.29, 0.717) is 11.5 Å². The Labute approximate surface area is 112 Å². The van der Waals surface area contributed by atoms with E-state index < -0.39 is 9.84 Å². The number of hydrogen-bond donors (Lipinski definition) is 2. The monoisotopic (exact) mass is 292 g/mol. The second kappa shape index (κ2) is 6.35. The lowest BCUT2D eigenvalue weighted by Gasteiger charge is -2.14. The first kappa shape index (κ1) is 15.2. The maximum atomic E-state index is 11.9. The van der Waals surface area contributed by atoms with Crippen LogP contribution in [0.4, 0.5) is 10.8 Å². The number of anilines is 2. The van der Waals surface area contributed by atoms with Gasteiger partial charge in [-0.2, -0.15) is 4.37 Å². The molecular formula is C10H20N4O2S2. The Morgan fingerprint density at radius 2 is 2.11 bits per heavy atom. The van der Waals surface area contributed by atoms with Crippen molar-refractivity contribution in [2.24, 2.45) is 0 Å². The number of sulfone groups is 1. The van der Waals surface area contributed by atoms with E-state index in [9.17, 15) is 8.42 Å². The molecule has 0 aromatic carbocycles. The average Bonchev–Trinajstić information content (AvgIpc) is 2.71. The van der Waals surface area contributed by atoms with Crippen molar-refractivity contribution in [3.05, 3.63) is 0 Å². The lowest BCUT2D eigenvalue weighted by atomic mass is 10.5. The fraction of sp³-hybridized carbons (Fsp3) is 0.700. The number of nitrogens with zero attached hydrogens (tertiary/aromatic N) is 2. The van der Waals surface area contributed by atoms with Crippen molar-refractivity contribution in [2.75, 3.05) is 43.5 Å². The van der Waals surface area contributed by atoms with Crippen molar-refractivity contribution in [2.45, 2.75) is 18.7 Å². The number of aromatic nitrogens is 1. The summed E-state index contributed by atoms with van der Waals surface area (Å²) in [6, 6.07) is 0. The second-order valence-corrected chi connectivity index (χ2v) is 6.94. The molecule has 0 spiro atoms. The van der Waals surface area contributed by atoms with Crippen LogP contribution in [0, 0.1) is 0 Å². The minimum atomic E-state index is -3.33. The first-order valence-electron chi connectivity index (χ1n) is 5.82. The number of likely N-dealkylation sites (N-methyl/N-ethyl adjacent to an activating group) is 1. The fourth-order valence-electron chi connectivity index (χ4n) is 1.37. The molecule has 0 radical (unpaired) electrons. The summed E-state index contributed by atoms with van der Waals surface area (Å²) in [5.41, 5.74) is 5.63. The quantitative estimate of drug-likeness (QED) is 0.775. The van der Waals surface area contributed by atoms with Crippen molar-refractivity contribution < 1.29 is 8.42 Å². The van der Waals surface area contributed by atoms with Gasteiger partial charge < -0.3 is 16.0 Å². The molecule has 18 heavy (non-hydrogen) atoms. The number of nitrogen functional groups attached to an aromatic ring is 1. The molecule has 0 unspecified atom stereocenters. The SMILES string of the molecule is CCN(C)CCNc1snc(N)c1S(=O)(=O)CC. The van der Waals surface area contributed by atoms with Crippen LogP contribution in [0.2, 0.25) is 0 Å². The smallest absolute Gasteiger partial charge is 0.184 e. The average molecular weight is 292 g/mol. The molecule has 1 heterocycles. The lowest BCUT2D eigenvalue weighted by molar-refractivity contribution is 0.367. The number of hydrogen-bond acceptors (Lipinski definition) is 7. The van der Waals surface area contributed by atoms with Gasteiger partial charge in [-0.05, 0) is 25.1 Å². The third-order valence-electron chi connectivity index (χ3n) is 2.68. The van der Waals surface area contributed by atoms with Crippen LogP contribution < -0.4 is 11.1 Å². The summed E-state index contributed by atoms with van der Waals surface area (Å²) < 4.78 is 27.7. The molecule has 6 nitrogen and oxygen atoms in total. The third-order valence-corrected chi connectivity index (χ3v) is 5.43. The van der Waals surface area contributed by atoms with Gasteiger partial charge in [-0.1, -0.05) is 13.8 Å². The van der Waals surface area contributed by atoms with Crippen LogP contribution in [0.5, 0.6) is 0 Å². The molecule has 8 heteroatoms. The van der Waals surface area contributed by atoms with Crippen LogP contribution >= 0.6 is 11.5 Å². The van der Waals surface area contributed by atoms with Gasteiger partial charge in [0, 0.05) is 13.1 Å². The van der Waals surface area contributed by atoms with Crippen LogP contribution in [0.25, 0.3) is 0 Å². The fourth-order valence-corrected chi connectivity index (χ4v) is 3.56. The predicted octanol–water partition coefficient (Wildman–Crippen LogP) is 0.883. The predicted molar refractivity (Wildman–Crippen MR) is 75.9 cm³/mol. The van der Waals surface area contributed by atoms with Crippen molar-refractivity contribution in [3.63, 3.8) is 0 Å². The van der Waals surface area contributed by atoms with Crippen LogP contribution in [0.3, 0.4) is 0 Å². The Kier molecular flexibility index (Phi) is 5.36. The van der Waals surface area contributed by atoms with Gasteiger partial charge in [-0.15, -0.1) is 0 Å². The molecule has 1 rings (SSSR count). The number of nitrogens with one attached hydrogen (secondary N) is 1. The molecule has 1 aromatic heterocycles. The Morgan fingerprint density at radius 3 is 2.67 bits per heavy atom. The van der Waals surface area contributed by atoms with Gasteiger partial charge >= 0.3 is 0 Å². The molecule has 0 saturated heterocycles. The number of nitrogens with two attached hydrogens (primary N) is 1. The molecule has 0 aliphatic carbocycles. The van der Waals surface area contributed by atoms with Crippen LogP contribution in [-0.2, 0) is 9.84 Å². The van der Waals surface area contributed by atoms with Gasteiger partial charge in [-0.3, -0.25) is 0 Å². The summed E-state index contributed by atoms with van der Waals surface area (Å²) in [5.74, 6) is 0.118. The molecule has 0 fully saturated rings. The van der Waals surface area contributed by atoms with E-state index >= 15 is 0 Å². The van der Waals surface area contributed by atoms with Crippen molar-refractivity contribution in [3.8, 4) is 0 Å². The van der Waals surface area contributed by atoms with E-state index in [2.05, 4.69) is 21.5 Å².